The highest BCUT2D eigenvalue weighted by Crippen LogP contribution is 2.33. The van der Waals surface area contributed by atoms with Crippen LogP contribution < -0.4 is 5.73 Å². The highest BCUT2D eigenvalue weighted by molar-refractivity contribution is 5.85. The molecule has 0 saturated carbocycles. The van der Waals surface area contributed by atoms with E-state index in [1.165, 1.54) is 11.1 Å². The molecule has 27 heavy (non-hydrogen) atoms. The van der Waals surface area contributed by atoms with Crippen molar-refractivity contribution in [2.45, 2.75) is 40.2 Å². The molecule has 5 nitrogen and oxygen atoms in total. The van der Waals surface area contributed by atoms with Crippen molar-refractivity contribution in [2.75, 3.05) is 0 Å². The summed E-state index contributed by atoms with van der Waals surface area (Å²) in [5, 5.41) is 7.59. The van der Waals surface area contributed by atoms with E-state index in [2.05, 4.69) is 65.4 Å². The minimum absolute atomic E-state index is 0.360. The lowest BCUT2D eigenvalue weighted by Gasteiger charge is -2.19. The standard InChI is InChI=1S/C22H25N5/c1-12-10-17-18(11-13(12)2)25-21(24-17)20-19(14(3)26-27-20)15-6-8-16(9-7-15)22(4,5)23/h6-11H,23H2,1-5H3,(H,24,25)(H,26,27). The molecule has 138 valence electrons. The number of hydrogen-bond acceptors (Lipinski definition) is 3. The predicted octanol–water partition coefficient (Wildman–Crippen LogP) is 4.74. The van der Waals surface area contributed by atoms with Crippen LogP contribution in [-0.2, 0) is 5.54 Å². The Kier molecular flexibility index (Phi) is 3.93. The molecule has 0 atom stereocenters. The quantitative estimate of drug-likeness (QED) is 0.494. The van der Waals surface area contributed by atoms with Gasteiger partial charge in [-0.15, -0.1) is 0 Å². The van der Waals surface area contributed by atoms with E-state index in [0.29, 0.717) is 0 Å². The second-order valence-corrected chi connectivity index (χ2v) is 7.90. The highest BCUT2D eigenvalue weighted by Gasteiger charge is 2.19. The fraction of sp³-hybridized carbons (Fsp3) is 0.273. The van der Waals surface area contributed by atoms with Crippen molar-refractivity contribution in [3.05, 3.63) is 58.8 Å². The number of nitrogens with zero attached hydrogens (tertiary/aromatic N) is 2. The van der Waals surface area contributed by atoms with Gasteiger partial charge in [0.25, 0.3) is 0 Å². The first-order valence-electron chi connectivity index (χ1n) is 9.16. The molecule has 0 aliphatic rings. The average molecular weight is 359 g/mol. The Balaban J connectivity index is 1.83. The van der Waals surface area contributed by atoms with Gasteiger partial charge in [0.15, 0.2) is 5.82 Å². The lowest BCUT2D eigenvalue weighted by molar-refractivity contribution is 0.554. The number of nitrogens with two attached hydrogens (primary N) is 1. The summed E-state index contributed by atoms with van der Waals surface area (Å²) in [7, 11) is 0. The summed E-state index contributed by atoms with van der Waals surface area (Å²) in [4.78, 5) is 8.23. The van der Waals surface area contributed by atoms with Gasteiger partial charge in [-0.3, -0.25) is 5.10 Å². The SMILES string of the molecule is Cc1cc2nc(-c3[nH]nc(C)c3-c3ccc(C(C)(C)N)cc3)[nH]c2cc1C. The van der Waals surface area contributed by atoms with Crippen molar-refractivity contribution in [3.63, 3.8) is 0 Å². The van der Waals surface area contributed by atoms with Crippen LogP contribution in [0.2, 0.25) is 0 Å². The number of hydrogen-bond donors (Lipinski definition) is 3. The largest absolute Gasteiger partial charge is 0.337 e. The van der Waals surface area contributed by atoms with Crippen molar-refractivity contribution in [2.24, 2.45) is 5.73 Å². The van der Waals surface area contributed by atoms with Gasteiger partial charge in [-0.1, -0.05) is 24.3 Å². The Morgan fingerprint density at radius 2 is 1.63 bits per heavy atom. The van der Waals surface area contributed by atoms with Gasteiger partial charge >= 0.3 is 0 Å². The third-order valence-corrected chi connectivity index (χ3v) is 5.20. The van der Waals surface area contributed by atoms with E-state index in [0.717, 1.165) is 44.9 Å². The summed E-state index contributed by atoms with van der Waals surface area (Å²) in [6.07, 6.45) is 0. The second kappa shape index (κ2) is 6.06. The summed E-state index contributed by atoms with van der Waals surface area (Å²) < 4.78 is 0. The van der Waals surface area contributed by atoms with E-state index in [-0.39, 0.29) is 5.54 Å². The normalized spacial score (nSPS) is 12.1. The molecule has 4 N–H and O–H groups in total. The zero-order chi connectivity index (χ0) is 19.3. The lowest BCUT2D eigenvalue weighted by Crippen LogP contribution is -2.28. The number of rotatable bonds is 3. The number of imidazole rings is 1. The number of fused-ring (bicyclic) bond motifs is 1. The van der Waals surface area contributed by atoms with Gasteiger partial charge in [-0.2, -0.15) is 5.10 Å². The lowest BCUT2D eigenvalue weighted by atomic mass is 9.93. The van der Waals surface area contributed by atoms with E-state index < -0.39 is 0 Å². The first kappa shape index (κ1) is 17.5. The van der Waals surface area contributed by atoms with Crippen LogP contribution in [0.1, 0.15) is 36.2 Å². The Morgan fingerprint density at radius 3 is 2.30 bits per heavy atom. The zero-order valence-electron chi connectivity index (χ0n) is 16.4. The van der Waals surface area contributed by atoms with Gasteiger partial charge in [0, 0.05) is 11.1 Å². The van der Waals surface area contributed by atoms with Crippen molar-refractivity contribution in [1.29, 1.82) is 0 Å². The molecule has 4 rings (SSSR count). The highest BCUT2D eigenvalue weighted by atomic mass is 15.1. The molecule has 0 fully saturated rings. The second-order valence-electron chi connectivity index (χ2n) is 7.90. The molecule has 2 aromatic carbocycles. The van der Waals surface area contributed by atoms with Gasteiger partial charge in [-0.25, -0.2) is 4.98 Å². The van der Waals surface area contributed by atoms with Crippen LogP contribution in [0.4, 0.5) is 0 Å². The van der Waals surface area contributed by atoms with Crippen LogP contribution >= 0.6 is 0 Å². The van der Waals surface area contributed by atoms with E-state index in [1.807, 2.05) is 20.8 Å². The topological polar surface area (TPSA) is 83.4 Å². The Morgan fingerprint density at radius 1 is 0.963 bits per heavy atom. The van der Waals surface area contributed by atoms with Crippen molar-refractivity contribution in [3.8, 4) is 22.6 Å². The maximum atomic E-state index is 6.21. The smallest absolute Gasteiger partial charge is 0.157 e. The van der Waals surface area contributed by atoms with Crippen LogP contribution in [0.15, 0.2) is 36.4 Å². The monoisotopic (exact) mass is 359 g/mol. The Hall–Kier alpha value is -2.92. The Bertz CT molecular complexity index is 1090. The van der Waals surface area contributed by atoms with Gasteiger partial charge in [0.2, 0.25) is 0 Å². The number of aryl methyl sites for hydroxylation is 3. The van der Waals surface area contributed by atoms with Crippen LogP contribution in [0, 0.1) is 20.8 Å². The predicted molar refractivity (Wildman–Crippen MR) is 111 cm³/mol. The maximum Gasteiger partial charge on any atom is 0.157 e. The van der Waals surface area contributed by atoms with E-state index >= 15 is 0 Å². The molecule has 0 spiro atoms. The fourth-order valence-corrected chi connectivity index (χ4v) is 3.41. The number of aromatic amines is 2. The number of H-pyrrole nitrogens is 2. The molecule has 2 heterocycles. The molecular weight excluding hydrogens is 334 g/mol. The number of aromatic nitrogens is 4. The summed E-state index contributed by atoms with van der Waals surface area (Å²) in [5.74, 6) is 0.800. The van der Waals surface area contributed by atoms with Gasteiger partial charge in [0.05, 0.1) is 16.7 Å². The first-order chi connectivity index (χ1) is 12.7. The minimum Gasteiger partial charge on any atom is -0.337 e. The molecule has 0 amide bonds. The molecular formula is C22H25N5. The molecule has 4 aromatic rings. The van der Waals surface area contributed by atoms with Gasteiger partial charge in [-0.05, 0) is 69.0 Å². The summed E-state index contributed by atoms with van der Waals surface area (Å²) in [6, 6.07) is 12.6. The molecule has 2 aromatic heterocycles. The molecule has 5 heteroatoms. The van der Waals surface area contributed by atoms with Gasteiger partial charge < -0.3 is 10.7 Å². The average Bonchev–Trinajstić information content (AvgIpc) is 3.18. The molecule has 0 bridgehead atoms. The Labute approximate surface area is 159 Å². The third-order valence-electron chi connectivity index (χ3n) is 5.20. The van der Waals surface area contributed by atoms with E-state index in [9.17, 15) is 0 Å². The van der Waals surface area contributed by atoms with Crippen molar-refractivity contribution >= 4 is 11.0 Å². The summed E-state index contributed by atoms with van der Waals surface area (Å²) >= 11 is 0. The molecule has 0 unspecified atom stereocenters. The van der Waals surface area contributed by atoms with E-state index in [1.54, 1.807) is 0 Å². The third kappa shape index (κ3) is 3.04. The minimum atomic E-state index is -0.360. The van der Waals surface area contributed by atoms with E-state index in [4.69, 9.17) is 10.7 Å². The fourth-order valence-electron chi connectivity index (χ4n) is 3.41. The first-order valence-corrected chi connectivity index (χ1v) is 9.16. The molecule has 0 radical (unpaired) electrons. The van der Waals surface area contributed by atoms with Gasteiger partial charge in [0.1, 0.15) is 5.69 Å². The number of nitrogens with one attached hydrogen (secondary N) is 2. The van der Waals surface area contributed by atoms with Crippen LogP contribution in [0.25, 0.3) is 33.7 Å². The summed E-state index contributed by atoms with van der Waals surface area (Å²) in [5.41, 5.74) is 15.4. The molecule has 0 aliphatic heterocycles. The van der Waals surface area contributed by atoms with Crippen LogP contribution in [0.3, 0.4) is 0 Å². The maximum absolute atomic E-state index is 6.21. The number of benzene rings is 2. The van der Waals surface area contributed by atoms with Crippen molar-refractivity contribution in [1.82, 2.24) is 20.2 Å². The summed E-state index contributed by atoms with van der Waals surface area (Å²) in [6.45, 7) is 10.2. The van der Waals surface area contributed by atoms with Crippen LogP contribution in [-0.4, -0.2) is 20.2 Å². The van der Waals surface area contributed by atoms with Crippen LogP contribution in [0.5, 0.6) is 0 Å². The zero-order valence-corrected chi connectivity index (χ0v) is 16.4. The van der Waals surface area contributed by atoms with Crippen molar-refractivity contribution < 1.29 is 0 Å². The molecule has 0 aliphatic carbocycles. The molecule has 0 saturated heterocycles.